The molecule has 0 aliphatic carbocycles. The van der Waals surface area contributed by atoms with E-state index in [9.17, 15) is 0 Å². The maximum absolute atomic E-state index is 3.87. The lowest BCUT2D eigenvalue weighted by Crippen LogP contribution is -2.18. The predicted molar refractivity (Wildman–Crippen MR) is 113 cm³/mol. The molecule has 0 aliphatic heterocycles. The Hall–Kier alpha value is -0.260. The first kappa shape index (κ1) is 23.7. The van der Waals surface area contributed by atoms with Gasteiger partial charge in [-0.2, -0.15) is 0 Å². The molecule has 0 saturated carbocycles. The molecule has 0 nitrogen and oxygen atoms in total. The molecule has 144 valence electrons. The van der Waals surface area contributed by atoms with Gasteiger partial charge in [-0.05, 0) is 31.1 Å². The summed E-state index contributed by atoms with van der Waals surface area (Å²) in [5.74, 6) is 0. The van der Waals surface area contributed by atoms with Crippen LogP contribution in [-0.4, -0.2) is 0 Å². The molecule has 0 unspecified atom stereocenters. The number of unbranched alkanes of at least 4 members (excludes halogenated alkanes) is 12. The minimum atomic E-state index is 0.626. The standard InChI is InChI=1S/C24H48/c1-5-9-11-12-13-14-15-16-17-18-19-21-23-24(7-3,8-4)22-20-10-6-2/h6H,2,5,7-23H2,1,3-4H3. The first-order valence-electron chi connectivity index (χ1n) is 11.4. The molecule has 0 heteroatoms. The Morgan fingerprint density at radius 2 is 1.00 bits per heavy atom. The first-order valence-corrected chi connectivity index (χ1v) is 11.4. The van der Waals surface area contributed by atoms with E-state index in [1.54, 1.807) is 0 Å². The van der Waals surface area contributed by atoms with Gasteiger partial charge in [-0.15, -0.1) is 6.58 Å². The second-order valence-corrected chi connectivity index (χ2v) is 8.03. The second kappa shape index (κ2) is 17.6. The number of hydrogen-bond acceptors (Lipinski definition) is 0. The van der Waals surface area contributed by atoms with Crippen molar-refractivity contribution in [1.29, 1.82) is 0 Å². The van der Waals surface area contributed by atoms with Gasteiger partial charge in [0.15, 0.2) is 0 Å². The Morgan fingerprint density at radius 1 is 0.583 bits per heavy atom. The molecule has 0 N–H and O–H groups in total. The largest absolute Gasteiger partial charge is 0.103 e. The average Bonchev–Trinajstić information content (AvgIpc) is 2.61. The van der Waals surface area contributed by atoms with E-state index in [1.807, 2.05) is 0 Å². The minimum absolute atomic E-state index is 0.626. The van der Waals surface area contributed by atoms with E-state index in [0.29, 0.717) is 5.41 Å². The van der Waals surface area contributed by atoms with Crippen molar-refractivity contribution in [3.63, 3.8) is 0 Å². The summed E-state index contributed by atoms with van der Waals surface area (Å²) in [6.45, 7) is 11.0. The summed E-state index contributed by atoms with van der Waals surface area (Å²) in [6.07, 6.45) is 27.7. The Kier molecular flexibility index (Phi) is 17.4. The normalized spacial score (nSPS) is 11.8. The fourth-order valence-corrected chi connectivity index (χ4v) is 4.04. The lowest BCUT2D eigenvalue weighted by atomic mass is 9.74. The molecule has 0 amide bonds. The minimum Gasteiger partial charge on any atom is -0.103 e. The van der Waals surface area contributed by atoms with Crippen LogP contribution in [0.15, 0.2) is 12.7 Å². The van der Waals surface area contributed by atoms with Crippen molar-refractivity contribution in [2.75, 3.05) is 0 Å². The molecule has 0 aromatic heterocycles. The second-order valence-electron chi connectivity index (χ2n) is 8.03. The van der Waals surface area contributed by atoms with E-state index >= 15 is 0 Å². The zero-order chi connectivity index (χ0) is 17.9. The number of rotatable bonds is 19. The van der Waals surface area contributed by atoms with Crippen LogP contribution < -0.4 is 0 Å². The van der Waals surface area contributed by atoms with E-state index in [2.05, 4.69) is 33.4 Å². The fraction of sp³-hybridized carbons (Fsp3) is 0.917. The third-order valence-corrected chi connectivity index (χ3v) is 6.18. The summed E-state index contributed by atoms with van der Waals surface area (Å²) in [4.78, 5) is 0. The van der Waals surface area contributed by atoms with Crippen molar-refractivity contribution in [1.82, 2.24) is 0 Å². The van der Waals surface area contributed by atoms with E-state index in [0.717, 1.165) is 0 Å². The summed E-state index contributed by atoms with van der Waals surface area (Å²) >= 11 is 0. The van der Waals surface area contributed by atoms with Crippen molar-refractivity contribution in [3.8, 4) is 0 Å². The Morgan fingerprint density at radius 3 is 1.42 bits per heavy atom. The van der Waals surface area contributed by atoms with Crippen LogP contribution in [0.5, 0.6) is 0 Å². The topological polar surface area (TPSA) is 0 Å². The van der Waals surface area contributed by atoms with Gasteiger partial charge in [0.1, 0.15) is 0 Å². The first-order chi connectivity index (χ1) is 11.7. The quantitative estimate of drug-likeness (QED) is 0.163. The van der Waals surface area contributed by atoms with Crippen LogP contribution in [0, 0.1) is 5.41 Å². The van der Waals surface area contributed by atoms with Crippen molar-refractivity contribution in [2.45, 2.75) is 136 Å². The molecule has 0 radical (unpaired) electrons. The van der Waals surface area contributed by atoms with Crippen LogP contribution in [0.1, 0.15) is 136 Å². The molecule has 0 spiro atoms. The summed E-state index contributed by atoms with van der Waals surface area (Å²) < 4.78 is 0. The Labute approximate surface area is 154 Å². The van der Waals surface area contributed by atoms with Gasteiger partial charge in [-0.3, -0.25) is 0 Å². The van der Waals surface area contributed by atoms with Gasteiger partial charge in [-0.25, -0.2) is 0 Å². The van der Waals surface area contributed by atoms with Gasteiger partial charge in [0.2, 0.25) is 0 Å². The van der Waals surface area contributed by atoms with Crippen LogP contribution in [-0.2, 0) is 0 Å². The maximum atomic E-state index is 3.87. The highest BCUT2D eigenvalue weighted by molar-refractivity contribution is 4.78. The molecule has 0 bridgehead atoms. The third kappa shape index (κ3) is 13.1. The highest BCUT2D eigenvalue weighted by atomic mass is 14.3. The van der Waals surface area contributed by atoms with E-state index in [1.165, 1.54) is 116 Å². The molecular weight excluding hydrogens is 288 g/mol. The van der Waals surface area contributed by atoms with Crippen molar-refractivity contribution in [2.24, 2.45) is 5.41 Å². The molecule has 0 heterocycles. The summed E-state index contributed by atoms with van der Waals surface area (Å²) in [7, 11) is 0. The van der Waals surface area contributed by atoms with E-state index in [4.69, 9.17) is 0 Å². The predicted octanol–water partition coefficient (Wildman–Crippen LogP) is 9.24. The molecule has 0 aromatic carbocycles. The monoisotopic (exact) mass is 336 g/mol. The van der Waals surface area contributed by atoms with Crippen LogP contribution in [0.3, 0.4) is 0 Å². The van der Waals surface area contributed by atoms with Gasteiger partial charge in [0, 0.05) is 0 Å². The van der Waals surface area contributed by atoms with Gasteiger partial charge < -0.3 is 0 Å². The summed E-state index contributed by atoms with van der Waals surface area (Å²) in [6, 6.07) is 0. The Balaban J connectivity index is 3.53. The van der Waals surface area contributed by atoms with Gasteiger partial charge in [0.05, 0.1) is 0 Å². The molecule has 0 saturated heterocycles. The van der Waals surface area contributed by atoms with E-state index < -0.39 is 0 Å². The van der Waals surface area contributed by atoms with Gasteiger partial charge >= 0.3 is 0 Å². The highest BCUT2D eigenvalue weighted by Crippen LogP contribution is 2.38. The molecule has 0 aliphatic rings. The molecule has 0 aromatic rings. The highest BCUT2D eigenvalue weighted by Gasteiger charge is 2.24. The van der Waals surface area contributed by atoms with Crippen molar-refractivity contribution < 1.29 is 0 Å². The third-order valence-electron chi connectivity index (χ3n) is 6.18. The van der Waals surface area contributed by atoms with Gasteiger partial charge in [0.25, 0.3) is 0 Å². The molecular formula is C24H48. The molecule has 0 atom stereocenters. The van der Waals surface area contributed by atoms with Crippen LogP contribution in [0.2, 0.25) is 0 Å². The Bertz CT molecular complexity index is 249. The van der Waals surface area contributed by atoms with E-state index in [-0.39, 0.29) is 0 Å². The van der Waals surface area contributed by atoms with Gasteiger partial charge in [-0.1, -0.05) is 117 Å². The zero-order valence-corrected chi connectivity index (χ0v) is 17.5. The van der Waals surface area contributed by atoms with Crippen molar-refractivity contribution in [3.05, 3.63) is 12.7 Å². The lowest BCUT2D eigenvalue weighted by Gasteiger charge is -2.32. The van der Waals surface area contributed by atoms with Crippen molar-refractivity contribution >= 4 is 0 Å². The number of allylic oxidation sites excluding steroid dienone is 1. The fourth-order valence-electron chi connectivity index (χ4n) is 4.04. The lowest BCUT2D eigenvalue weighted by molar-refractivity contribution is 0.205. The molecule has 0 fully saturated rings. The van der Waals surface area contributed by atoms with Crippen LogP contribution in [0.4, 0.5) is 0 Å². The molecule has 24 heavy (non-hydrogen) atoms. The molecule has 0 rings (SSSR count). The number of hydrogen-bond donors (Lipinski definition) is 0. The summed E-state index contributed by atoms with van der Waals surface area (Å²) in [5.41, 5.74) is 0.626. The SMILES string of the molecule is C=CCCCC(CC)(CC)CCCCCCCCCCCCCC. The van der Waals surface area contributed by atoms with Crippen LogP contribution in [0.25, 0.3) is 0 Å². The summed E-state index contributed by atoms with van der Waals surface area (Å²) in [5, 5.41) is 0. The smallest absolute Gasteiger partial charge is 0.0303 e. The zero-order valence-electron chi connectivity index (χ0n) is 17.5. The van der Waals surface area contributed by atoms with Crippen LogP contribution >= 0.6 is 0 Å². The maximum Gasteiger partial charge on any atom is -0.0303 e. The average molecular weight is 337 g/mol.